The molecule has 0 radical (unpaired) electrons. The summed E-state index contributed by atoms with van der Waals surface area (Å²) in [6.07, 6.45) is 2.23. The number of aliphatic hydroxyl groups excluding tert-OH is 1. The molecule has 0 atom stereocenters. The summed E-state index contributed by atoms with van der Waals surface area (Å²) >= 11 is 0. The number of rotatable bonds is 8. The molecule has 1 heterocycles. The maximum atomic E-state index is 12.3. The molecule has 132 valence electrons. The molecule has 0 saturated heterocycles. The van der Waals surface area contributed by atoms with Crippen LogP contribution in [0.1, 0.15) is 43.9 Å². The Kier molecular flexibility index (Phi) is 6.19. The van der Waals surface area contributed by atoms with Crippen LogP contribution in [0.4, 0.5) is 13.2 Å². The van der Waals surface area contributed by atoms with Crippen LogP contribution in [0.3, 0.4) is 0 Å². The Bertz CT molecular complexity index is 656. The van der Waals surface area contributed by atoms with Gasteiger partial charge in [-0.25, -0.2) is 4.68 Å². The van der Waals surface area contributed by atoms with Crippen molar-refractivity contribution in [1.82, 2.24) is 15.0 Å². The second kappa shape index (κ2) is 8.14. The van der Waals surface area contributed by atoms with Gasteiger partial charge in [0.15, 0.2) is 0 Å². The van der Waals surface area contributed by atoms with Gasteiger partial charge in [-0.2, -0.15) is 0 Å². The zero-order valence-electron chi connectivity index (χ0n) is 13.4. The lowest BCUT2D eigenvalue weighted by Crippen LogP contribution is -2.18. The highest BCUT2D eigenvalue weighted by molar-refractivity contribution is 5.43. The Hall–Kier alpha value is -2.09. The summed E-state index contributed by atoms with van der Waals surface area (Å²) in [5.41, 5.74) is 1.37. The minimum absolute atomic E-state index is 0.0322. The molecule has 2 aromatic rings. The van der Waals surface area contributed by atoms with Crippen molar-refractivity contribution in [2.45, 2.75) is 52.0 Å². The van der Waals surface area contributed by atoms with Crippen LogP contribution < -0.4 is 4.74 Å². The average Bonchev–Trinajstić information content (AvgIpc) is 2.99. The lowest BCUT2D eigenvalue weighted by Gasteiger charge is -2.13. The van der Waals surface area contributed by atoms with E-state index in [4.69, 9.17) is 0 Å². The Labute approximate surface area is 138 Å². The van der Waals surface area contributed by atoms with E-state index in [-0.39, 0.29) is 5.56 Å². The monoisotopic (exact) mass is 343 g/mol. The van der Waals surface area contributed by atoms with Crippen LogP contribution >= 0.6 is 0 Å². The molecule has 1 aromatic heterocycles. The van der Waals surface area contributed by atoms with Crippen LogP contribution in [0.15, 0.2) is 24.4 Å². The van der Waals surface area contributed by atoms with E-state index in [1.54, 1.807) is 6.20 Å². The lowest BCUT2D eigenvalue weighted by molar-refractivity contribution is -0.275. The number of alkyl halides is 3. The Morgan fingerprint density at radius 3 is 2.67 bits per heavy atom. The number of hydrogen-bond donors (Lipinski definition) is 1. The molecule has 1 aromatic carbocycles. The largest absolute Gasteiger partial charge is 0.573 e. The van der Waals surface area contributed by atoms with Gasteiger partial charge in [-0.3, -0.25) is 0 Å². The van der Waals surface area contributed by atoms with Crippen LogP contribution in [-0.2, 0) is 13.0 Å². The summed E-state index contributed by atoms with van der Waals surface area (Å²) in [7, 11) is 0. The summed E-state index contributed by atoms with van der Waals surface area (Å²) in [6.45, 7) is 1.57. The van der Waals surface area contributed by atoms with Gasteiger partial charge in [0, 0.05) is 5.56 Å². The lowest BCUT2D eigenvalue weighted by atomic mass is 10.1. The summed E-state index contributed by atoms with van der Waals surface area (Å²) in [5, 5.41) is 17.3. The van der Waals surface area contributed by atoms with Gasteiger partial charge in [0.2, 0.25) is 0 Å². The van der Waals surface area contributed by atoms with Gasteiger partial charge in [-0.05, 0) is 31.0 Å². The molecular formula is C16H20F3N3O2. The van der Waals surface area contributed by atoms with Gasteiger partial charge in [0.25, 0.3) is 0 Å². The van der Waals surface area contributed by atoms with E-state index in [1.807, 2.05) is 0 Å². The number of hydrogen-bond acceptors (Lipinski definition) is 4. The number of aliphatic hydroxyl groups is 1. The summed E-state index contributed by atoms with van der Waals surface area (Å²) in [6, 6.07) is 4.00. The Morgan fingerprint density at radius 1 is 1.21 bits per heavy atom. The first-order chi connectivity index (χ1) is 11.4. The first kappa shape index (κ1) is 18.3. The maximum Gasteiger partial charge on any atom is 0.573 e. The third-order valence-electron chi connectivity index (χ3n) is 3.53. The van der Waals surface area contributed by atoms with E-state index < -0.39 is 18.7 Å². The molecule has 0 bridgehead atoms. The fraction of sp³-hybridized carbons (Fsp3) is 0.500. The van der Waals surface area contributed by atoms with Gasteiger partial charge in [-0.15, -0.1) is 18.3 Å². The molecule has 0 spiro atoms. The number of benzene rings is 1. The molecule has 0 amide bonds. The standard InChI is InChI=1S/C16H20F3N3O2/c1-2-3-4-5-6-13-10-22(21-20-13)14-7-8-15(12(9-14)11-23)24-16(17,18)19/h7-10,23H,2-6,11H2,1H3. The zero-order chi connectivity index (χ0) is 17.6. The van der Waals surface area contributed by atoms with Crippen LogP contribution in [0, 0.1) is 0 Å². The molecule has 5 nitrogen and oxygen atoms in total. The summed E-state index contributed by atoms with van der Waals surface area (Å²) in [5.74, 6) is -0.423. The number of aromatic nitrogens is 3. The van der Waals surface area contributed by atoms with Crippen LogP contribution in [0.5, 0.6) is 5.75 Å². The topological polar surface area (TPSA) is 60.2 Å². The van der Waals surface area contributed by atoms with E-state index in [2.05, 4.69) is 22.0 Å². The molecule has 0 saturated carbocycles. The zero-order valence-corrected chi connectivity index (χ0v) is 13.4. The van der Waals surface area contributed by atoms with Crippen molar-refractivity contribution >= 4 is 0 Å². The molecule has 24 heavy (non-hydrogen) atoms. The third-order valence-corrected chi connectivity index (χ3v) is 3.53. The smallest absolute Gasteiger partial charge is 0.405 e. The van der Waals surface area contributed by atoms with Gasteiger partial charge >= 0.3 is 6.36 Å². The molecule has 1 N–H and O–H groups in total. The SMILES string of the molecule is CCCCCCc1cn(-c2ccc(OC(F)(F)F)c(CO)c2)nn1. The quantitative estimate of drug-likeness (QED) is 0.741. The summed E-state index contributed by atoms with van der Waals surface area (Å²) < 4.78 is 42.3. The first-order valence-electron chi connectivity index (χ1n) is 7.84. The van der Waals surface area contributed by atoms with Gasteiger partial charge < -0.3 is 9.84 Å². The highest BCUT2D eigenvalue weighted by Crippen LogP contribution is 2.28. The maximum absolute atomic E-state index is 12.3. The predicted molar refractivity (Wildman–Crippen MR) is 81.8 cm³/mol. The minimum atomic E-state index is -4.80. The van der Waals surface area contributed by atoms with E-state index in [0.29, 0.717) is 5.69 Å². The average molecular weight is 343 g/mol. The normalized spacial score (nSPS) is 11.7. The van der Waals surface area contributed by atoms with E-state index in [9.17, 15) is 18.3 Å². The molecule has 8 heteroatoms. The number of ether oxygens (including phenoxy) is 1. The molecule has 0 aliphatic rings. The third kappa shape index (κ3) is 5.23. The molecule has 0 fully saturated rings. The number of aryl methyl sites for hydroxylation is 1. The second-order valence-corrected chi connectivity index (χ2v) is 5.46. The minimum Gasteiger partial charge on any atom is -0.405 e. The Morgan fingerprint density at radius 2 is 2.00 bits per heavy atom. The second-order valence-electron chi connectivity index (χ2n) is 5.46. The molecule has 0 aliphatic heterocycles. The van der Waals surface area contributed by atoms with Crippen molar-refractivity contribution in [3.8, 4) is 11.4 Å². The molecule has 2 rings (SSSR count). The Balaban J connectivity index is 2.10. The van der Waals surface area contributed by atoms with Crippen molar-refractivity contribution in [3.05, 3.63) is 35.7 Å². The fourth-order valence-corrected chi connectivity index (χ4v) is 2.33. The molecule has 0 unspecified atom stereocenters. The highest BCUT2D eigenvalue weighted by atomic mass is 19.4. The summed E-state index contributed by atoms with van der Waals surface area (Å²) in [4.78, 5) is 0. The van der Waals surface area contributed by atoms with Crippen molar-refractivity contribution < 1.29 is 23.0 Å². The first-order valence-corrected chi connectivity index (χ1v) is 7.84. The van der Waals surface area contributed by atoms with E-state index >= 15 is 0 Å². The van der Waals surface area contributed by atoms with E-state index in [0.717, 1.165) is 37.4 Å². The van der Waals surface area contributed by atoms with Gasteiger partial charge in [-0.1, -0.05) is 31.4 Å². The van der Waals surface area contributed by atoms with E-state index in [1.165, 1.54) is 23.2 Å². The molecule has 0 aliphatic carbocycles. The number of halogens is 3. The van der Waals surface area contributed by atoms with Crippen LogP contribution in [0.25, 0.3) is 5.69 Å². The van der Waals surface area contributed by atoms with Crippen molar-refractivity contribution in [1.29, 1.82) is 0 Å². The van der Waals surface area contributed by atoms with Crippen molar-refractivity contribution in [3.63, 3.8) is 0 Å². The van der Waals surface area contributed by atoms with Gasteiger partial charge in [0.05, 0.1) is 24.2 Å². The van der Waals surface area contributed by atoms with Crippen LogP contribution in [-0.4, -0.2) is 26.5 Å². The molecular weight excluding hydrogens is 323 g/mol. The number of unbranched alkanes of at least 4 members (excludes halogenated alkanes) is 3. The van der Waals surface area contributed by atoms with Crippen molar-refractivity contribution in [2.24, 2.45) is 0 Å². The predicted octanol–water partition coefficient (Wildman–Crippen LogP) is 3.78. The highest BCUT2D eigenvalue weighted by Gasteiger charge is 2.32. The van der Waals surface area contributed by atoms with Crippen LogP contribution in [0.2, 0.25) is 0 Å². The fourth-order valence-electron chi connectivity index (χ4n) is 2.33. The van der Waals surface area contributed by atoms with Gasteiger partial charge in [0.1, 0.15) is 5.75 Å². The number of nitrogens with zero attached hydrogens (tertiary/aromatic N) is 3. The van der Waals surface area contributed by atoms with Crippen molar-refractivity contribution in [2.75, 3.05) is 0 Å².